The third-order valence-electron chi connectivity index (χ3n) is 2.68. The SMILES string of the molecule is Cc1cc(OCCNC(=O)CCl)ccc1C(C)C. The molecular formula is C14H20ClNO2. The third kappa shape index (κ3) is 4.57. The van der Waals surface area contributed by atoms with Crippen LogP contribution < -0.4 is 10.1 Å². The van der Waals surface area contributed by atoms with Gasteiger partial charge >= 0.3 is 0 Å². The number of hydrogen-bond acceptors (Lipinski definition) is 2. The van der Waals surface area contributed by atoms with Crippen molar-refractivity contribution in [3.8, 4) is 5.75 Å². The van der Waals surface area contributed by atoms with E-state index in [9.17, 15) is 4.79 Å². The standard InChI is InChI=1S/C14H20ClNO2/c1-10(2)13-5-4-12(8-11(13)3)18-7-6-16-14(17)9-15/h4-5,8,10H,6-7,9H2,1-3H3,(H,16,17). The zero-order valence-electron chi connectivity index (χ0n) is 11.1. The molecule has 0 fully saturated rings. The number of amides is 1. The van der Waals surface area contributed by atoms with Gasteiger partial charge in [-0.15, -0.1) is 11.6 Å². The van der Waals surface area contributed by atoms with E-state index in [4.69, 9.17) is 16.3 Å². The third-order valence-corrected chi connectivity index (χ3v) is 2.92. The van der Waals surface area contributed by atoms with E-state index in [0.29, 0.717) is 19.1 Å². The van der Waals surface area contributed by atoms with Crippen molar-refractivity contribution >= 4 is 17.5 Å². The number of ether oxygens (including phenoxy) is 1. The molecule has 1 N–H and O–H groups in total. The second kappa shape index (κ2) is 7.27. The highest BCUT2D eigenvalue weighted by Gasteiger charge is 2.04. The molecule has 0 unspecified atom stereocenters. The highest BCUT2D eigenvalue weighted by molar-refractivity contribution is 6.27. The fraction of sp³-hybridized carbons (Fsp3) is 0.500. The molecule has 3 nitrogen and oxygen atoms in total. The second-order valence-corrected chi connectivity index (χ2v) is 4.77. The first kappa shape index (κ1) is 14.8. The Kier molecular flexibility index (Phi) is 5.99. The molecule has 1 amide bonds. The average Bonchev–Trinajstić information content (AvgIpc) is 2.34. The van der Waals surface area contributed by atoms with Crippen molar-refractivity contribution in [1.29, 1.82) is 0 Å². The molecule has 0 saturated heterocycles. The molecule has 0 bridgehead atoms. The van der Waals surface area contributed by atoms with Crippen LogP contribution in [0.1, 0.15) is 30.9 Å². The zero-order chi connectivity index (χ0) is 13.5. The number of hydrogen-bond donors (Lipinski definition) is 1. The molecule has 1 aromatic carbocycles. The van der Waals surface area contributed by atoms with Gasteiger partial charge < -0.3 is 10.1 Å². The summed E-state index contributed by atoms with van der Waals surface area (Å²) in [5.74, 6) is 1.16. The van der Waals surface area contributed by atoms with Gasteiger partial charge in [0.25, 0.3) is 0 Å². The summed E-state index contributed by atoms with van der Waals surface area (Å²) in [6.07, 6.45) is 0. The van der Waals surface area contributed by atoms with Crippen LogP contribution in [0.3, 0.4) is 0 Å². The summed E-state index contributed by atoms with van der Waals surface area (Å²) in [5, 5.41) is 2.65. The van der Waals surface area contributed by atoms with Gasteiger partial charge in [0.2, 0.25) is 5.91 Å². The van der Waals surface area contributed by atoms with Gasteiger partial charge in [0, 0.05) is 0 Å². The molecule has 0 spiro atoms. The van der Waals surface area contributed by atoms with E-state index in [2.05, 4.69) is 32.2 Å². The maximum absolute atomic E-state index is 10.9. The van der Waals surface area contributed by atoms with Crippen molar-refractivity contribution in [1.82, 2.24) is 5.32 Å². The van der Waals surface area contributed by atoms with Crippen LogP contribution >= 0.6 is 11.6 Å². The van der Waals surface area contributed by atoms with Gasteiger partial charge in [-0.25, -0.2) is 0 Å². The molecule has 100 valence electrons. The fourth-order valence-corrected chi connectivity index (χ4v) is 1.89. The number of carbonyl (C=O) groups is 1. The number of rotatable bonds is 6. The molecule has 0 atom stereocenters. The Hall–Kier alpha value is -1.22. The minimum absolute atomic E-state index is 0.0117. The quantitative estimate of drug-likeness (QED) is 0.637. The normalized spacial score (nSPS) is 10.5. The van der Waals surface area contributed by atoms with Crippen molar-refractivity contribution in [2.75, 3.05) is 19.0 Å². The fourth-order valence-electron chi connectivity index (χ4n) is 1.79. The Labute approximate surface area is 113 Å². The van der Waals surface area contributed by atoms with Crippen LogP contribution in [0.2, 0.25) is 0 Å². The largest absolute Gasteiger partial charge is 0.492 e. The Balaban J connectivity index is 2.44. The predicted molar refractivity (Wildman–Crippen MR) is 74.5 cm³/mol. The molecule has 0 saturated carbocycles. The first-order valence-corrected chi connectivity index (χ1v) is 6.64. The molecule has 18 heavy (non-hydrogen) atoms. The number of benzene rings is 1. The van der Waals surface area contributed by atoms with Gasteiger partial charge in [-0.05, 0) is 36.1 Å². The lowest BCUT2D eigenvalue weighted by Gasteiger charge is -2.12. The van der Waals surface area contributed by atoms with Gasteiger partial charge in [0.1, 0.15) is 18.2 Å². The molecule has 4 heteroatoms. The molecular weight excluding hydrogens is 250 g/mol. The molecule has 1 aromatic rings. The van der Waals surface area contributed by atoms with Crippen molar-refractivity contribution in [2.45, 2.75) is 26.7 Å². The van der Waals surface area contributed by atoms with Gasteiger partial charge in [-0.3, -0.25) is 4.79 Å². The summed E-state index contributed by atoms with van der Waals surface area (Å²) in [5.41, 5.74) is 2.56. The average molecular weight is 270 g/mol. The van der Waals surface area contributed by atoms with Gasteiger partial charge in [-0.1, -0.05) is 19.9 Å². The van der Waals surface area contributed by atoms with Crippen molar-refractivity contribution in [3.63, 3.8) is 0 Å². The summed E-state index contributed by atoms with van der Waals surface area (Å²) in [7, 11) is 0. The maximum Gasteiger partial charge on any atom is 0.235 e. The maximum atomic E-state index is 10.9. The minimum atomic E-state index is -0.174. The second-order valence-electron chi connectivity index (χ2n) is 4.51. The molecule has 0 aliphatic rings. The summed E-state index contributed by atoms with van der Waals surface area (Å²) >= 11 is 5.36. The van der Waals surface area contributed by atoms with Crippen LogP contribution in [0.4, 0.5) is 0 Å². The highest BCUT2D eigenvalue weighted by Crippen LogP contribution is 2.23. The topological polar surface area (TPSA) is 38.3 Å². The van der Waals surface area contributed by atoms with Crippen LogP contribution in [0.15, 0.2) is 18.2 Å². The zero-order valence-corrected chi connectivity index (χ0v) is 11.9. The Bertz CT molecular complexity index is 405. The number of nitrogens with one attached hydrogen (secondary N) is 1. The highest BCUT2D eigenvalue weighted by atomic mass is 35.5. The van der Waals surface area contributed by atoms with Crippen LogP contribution in [0.5, 0.6) is 5.75 Å². The van der Waals surface area contributed by atoms with E-state index < -0.39 is 0 Å². The Morgan fingerprint density at radius 2 is 2.17 bits per heavy atom. The van der Waals surface area contributed by atoms with Gasteiger partial charge in [-0.2, -0.15) is 0 Å². The first-order valence-electron chi connectivity index (χ1n) is 6.10. The summed E-state index contributed by atoms with van der Waals surface area (Å²) < 4.78 is 5.56. The van der Waals surface area contributed by atoms with E-state index in [0.717, 1.165) is 5.75 Å². The molecule has 0 aliphatic carbocycles. The lowest BCUT2D eigenvalue weighted by atomic mass is 9.98. The summed E-state index contributed by atoms with van der Waals surface area (Å²) in [4.78, 5) is 10.9. The first-order chi connectivity index (χ1) is 8.54. The minimum Gasteiger partial charge on any atom is -0.492 e. The Morgan fingerprint density at radius 3 is 2.72 bits per heavy atom. The van der Waals surface area contributed by atoms with Gasteiger partial charge in [0.05, 0.1) is 6.54 Å². The van der Waals surface area contributed by atoms with Crippen molar-refractivity contribution in [3.05, 3.63) is 29.3 Å². The van der Waals surface area contributed by atoms with E-state index >= 15 is 0 Å². The summed E-state index contributed by atoms with van der Waals surface area (Å²) in [6, 6.07) is 6.08. The predicted octanol–water partition coefficient (Wildman–Crippen LogP) is 2.85. The number of carbonyl (C=O) groups excluding carboxylic acids is 1. The van der Waals surface area contributed by atoms with Crippen LogP contribution in [-0.2, 0) is 4.79 Å². The lowest BCUT2D eigenvalue weighted by molar-refractivity contribution is -0.118. The van der Waals surface area contributed by atoms with Crippen molar-refractivity contribution < 1.29 is 9.53 Å². The smallest absolute Gasteiger partial charge is 0.235 e. The van der Waals surface area contributed by atoms with Crippen LogP contribution in [-0.4, -0.2) is 24.9 Å². The van der Waals surface area contributed by atoms with E-state index in [1.807, 2.05) is 12.1 Å². The van der Waals surface area contributed by atoms with Crippen molar-refractivity contribution in [2.24, 2.45) is 0 Å². The number of aryl methyl sites for hydroxylation is 1. The monoisotopic (exact) mass is 269 g/mol. The van der Waals surface area contributed by atoms with Gasteiger partial charge in [0.15, 0.2) is 0 Å². The summed E-state index contributed by atoms with van der Waals surface area (Å²) in [6.45, 7) is 7.34. The lowest BCUT2D eigenvalue weighted by Crippen LogP contribution is -2.28. The van der Waals surface area contributed by atoms with E-state index in [1.54, 1.807) is 0 Å². The van der Waals surface area contributed by atoms with E-state index in [1.165, 1.54) is 11.1 Å². The van der Waals surface area contributed by atoms with Crippen LogP contribution in [0.25, 0.3) is 0 Å². The molecule has 0 aromatic heterocycles. The molecule has 0 radical (unpaired) electrons. The van der Waals surface area contributed by atoms with E-state index in [-0.39, 0.29) is 11.8 Å². The van der Waals surface area contributed by atoms with Crippen LogP contribution in [0, 0.1) is 6.92 Å². The molecule has 0 aliphatic heterocycles. The molecule has 1 rings (SSSR count). The Morgan fingerprint density at radius 1 is 1.44 bits per heavy atom. The molecule has 0 heterocycles. The number of halogens is 1. The number of alkyl halides is 1.